The molecule has 0 radical (unpaired) electrons. The Morgan fingerprint density at radius 1 is 1.47 bits per heavy atom. The molecular weight excluding hydrogens is 268 g/mol. The minimum Gasteiger partial charge on any atom is -0.395 e. The first kappa shape index (κ1) is 13.8. The number of hydrogen-bond donors (Lipinski definition) is 2. The first-order chi connectivity index (χ1) is 9.13. The van der Waals surface area contributed by atoms with E-state index in [1.165, 1.54) is 4.90 Å². The topological polar surface area (TPSA) is 69.6 Å². The Labute approximate surface area is 116 Å². The van der Waals surface area contributed by atoms with Gasteiger partial charge in [-0.25, -0.2) is 0 Å². The van der Waals surface area contributed by atoms with E-state index in [4.69, 9.17) is 16.7 Å². The van der Waals surface area contributed by atoms with Crippen LogP contribution in [0.3, 0.4) is 0 Å². The molecule has 1 fully saturated rings. The average molecular weight is 283 g/mol. The maximum atomic E-state index is 12.0. The Morgan fingerprint density at radius 2 is 2.21 bits per heavy atom. The molecule has 1 aromatic rings. The monoisotopic (exact) mass is 282 g/mol. The Hall–Kier alpha value is -1.59. The lowest BCUT2D eigenvalue weighted by molar-refractivity contribution is -0.126. The zero-order chi connectivity index (χ0) is 13.8. The SMILES string of the molecule is O=C(NCCO)C1CC(=O)N(c2ccccc2Cl)C1. The van der Waals surface area contributed by atoms with Crippen LogP contribution in [0.15, 0.2) is 24.3 Å². The minimum absolute atomic E-state index is 0.110. The number of benzene rings is 1. The van der Waals surface area contributed by atoms with Crippen molar-refractivity contribution in [1.29, 1.82) is 0 Å². The Bertz CT molecular complexity index is 493. The molecule has 0 saturated carbocycles. The van der Waals surface area contributed by atoms with E-state index in [-0.39, 0.29) is 31.4 Å². The fourth-order valence-corrected chi connectivity index (χ4v) is 2.35. The smallest absolute Gasteiger partial charge is 0.227 e. The van der Waals surface area contributed by atoms with Gasteiger partial charge in [-0.1, -0.05) is 23.7 Å². The molecule has 19 heavy (non-hydrogen) atoms. The van der Waals surface area contributed by atoms with Crippen molar-refractivity contribution in [1.82, 2.24) is 5.32 Å². The largest absolute Gasteiger partial charge is 0.395 e. The highest BCUT2D eigenvalue weighted by Gasteiger charge is 2.35. The van der Waals surface area contributed by atoms with Crippen molar-refractivity contribution >= 4 is 29.1 Å². The van der Waals surface area contributed by atoms with Gasteiger partial charge in [0, 0.05) is 19.5 Å². The van der Waals surface area contributed by atoms with Gasteiger partial charge < -0.3 is 15.3 Å². The van der Waals surface area contributed by atoms with Crippen molar-refractivity contribution in [2.24, 2.45) is 5.92 Å². The van der Waals surface area contributed by atoms with Crippen LogP contribution in [-0.2, 0) is 9.59 Å². The highest BCUT2D eigenvalue weighted by atomic mass is 35.5. The van der Waals surface area contributed by atoms with E-state index in [0.717, 1.165) is 0 Å². The standard InChI is InChI=1S/C13H15ClN2O3/c14-10-3-1-2-4-11(10)16-8-9(7-12(16)18)13(19)15-5-6-17/h1-4,9,17H,5-8H2,(H,15,19). The van der Waals surface area contributed by atoms with Gasteiger partial charge in [-0.3, -0.25) is 9.59 Å². The maximum absolute atomic E-state index is 12.0. The fourth-order valence-electron chi connectivity index (χ4n) is 2.11. The summed E-state index contributed by atoms with van der Waals surface area (Å²) in [6.07, 6.45) is 0.169. The summed E-state index contributed by atoms with van der Waals surface area (Å²) in [7, 11) is 0. The quantitative estimate of drug-likeness (QED) is 0.858. The van der Waals surface area contributed by atoms with Gasteiger partial charge in [0.15, 0.2) is 0 Å². The number of hydrogen-bond acceptors (Lipinski definition) is 3. The molecule has 6 heteroatoms. The van der Waals surface area contributed by atoms with Crippen LogP contribution in [0.4, 0.5) is 5.69 Å². The van der Waals surface area contributed by atoms with Crippen molar-refractivity contribution in [3.63, 3.8) is 0 Å². The number of halogens is 1. The van der Waals surface area contributed by atoms with Crippen LogP contribution in [0.25, 0.3) is 0 Å². The normalized spacial score (nSPS) is 18.7. The van der Waals surface area contributed by atoms with Crippen LogP contribution in [0.2, 0.25) is 5.02 Å². The molecule has 1 heterocycles. The third kappa shape index (κ3) is 3.05. The van der Waals surface area contributed by atoms with Crippen LogP contribution < -0.4 is 10.2 Å². The van der Waals surface area contributed by atoms with Crippen LogP contribution in [0.1, 0.15) is 6.42 Å². The fraction of sp³-hybridized carbons (Fsp3) is 0.385. The van der Waals surface area contributed by atoms with Gasteiger partial charge in [-0.2, -0.15) is 0 Å². The van der Waals surface area contributed by atoms with Crippen LogP contribution in [-0.4, -0.2) is 36.6 Å². The number of carbonyl (C=O) groups is 2. The van der Waals surface area contributed by atoms with E-state index >= 15 is 0 Å². The number of aliphatic hydroxyl groups excluding tert-OH is 1. The van der Waals surface area contributed by atoms with Gasteiger partial charge >= 0.3 is 0 Å². The van der Waals surface area contributed by atoms with Crippen LogP contribution in [0, 0.1) is 5.92 Å². The predicted octanol–water partition coefficient (Wildman–Crippen LogP) is 0.801. The van der Waals surface area contributed by atoms with Gasteiger partial charge in [0.1, 0.15) is 0 Å². The number of rotatable bonds is 4. The third-order valence-corrected chi connectivity index (χ3v) is 3.37. The molecule has 2 rings (SSSR count). The van der Waals surface area contributed by atoms with Crippen molar-refractivity contribution in [2.75, 3.05) is 24.6 Å². The van der Waals surface area contributed by atoms with Crippen LogP contribution >= 0.6 is 11.6 Å². The molecular formula is C13H15ClN2O3. The van der Waals surface area contributed by atoms with Crippen LogP contribution in [0.5, 0.6) is 0 Å². The molecule has 2 N–H and O–H groups in total. The van der Waals surface area contributed by atoms with E-state index in [2.05, 4.69) is 5.32 Å². The summed E-state index contributed by atoms with van der Waals surface area (Å²) >= 11 is 6.05. The second-order valence-corrected chi connectivity index (χ2v) is 4.78. The molecule has 2 amide bonds. The summed E-state index contributed by atoms with van der Waals surface area (Å²) in [5.74, 6) is -0.718. The highest BCUT2D eigenvalue weighted by molar-refractivity contribution is 6.33. The van der Waals surface area contributed by atoms with Gasteiger partial charge in [-0.15, -0.1) is 0 Å². The molecule has 0 spiro atoms. The molecule has 1 saturated heterocycles. The van der Waals surface area contributed by atoms with Crippen molar-refractivity contribution in [3.05, 3.63) is 29.3 Å². The van der Waals surface area contributed by atoms with E-state index in [0.29, 0.717) is 17.3 Å². The summed E-state index contributed by atoms with van der Waals surface area (Å²) in [6, 6.07) is 7.06. The van der Waals surface area contributed by atoms with Crippen molar-refractivity contribution in [3.8, 4) is 0 Å². The second-order valence-electron chi connectivity index (χ2n) is 4.37. The summed E-state index contributed by atoms with van der Waals surface area (Å²) in [6.45, 7) is 0.413. The lowest BCUT2D eigenvalue weighted by atomic mass is 10.1. The highest BCUT2D eigenvalue weighted by Crippen LogP contribution is 2.30. The molecule has 5 nitrogen and oxygen atoms in total. The van der Waals surface area contributed by atoms with Crippen molar-refractivity contribution in [2.45, 2.75) is 6.42 Å². The number of anilines is 1. The van der Waals surface area contributed by atoms with E-state index < -0.39 is 5.92 Å². The average Bonchev–Trinajstić information content (AvgIpc) is 2.78. The molecule has 1 atom stereocenters. The number of nitrogens with one attached hydrogen (secondary N) is 1. The predicted molar refractivity (Wildman–Crippen MR) is 72.0 cm³/mol. The van der Waals surface area contributed by atoms with Gasteiger partial charge in [0.2, 0.25) is 11.8 Å². The maximum Gasteiger partial charge on any atom is 0.227 e. The Morgan fingerprint density at radius 3 is 2.89 bits per heavy atom. The first-order valence-electron chi connectivity index (χ1n) is 6.07. The summed E-state index contributed by atoms with van der Waals surface area (Å²) < 4.78 is 0. The van der Waals surface area contributed by atoms with E-state index in [9.17, 15) is 9.59 Å². The van der Waals surface area contributed by atoms with E-state index in [1.807, 2.05) is 0 Å². The summed E-state index contributed by atoms with van der Waals surface area (Å²) in [5.41, 5.74) is 0.631. The number of amides is 2. The lowest BCUT2D eigenvalue weighted by Gasteiger charge is -2.17. The number of nitrogens with zero attached hydrogens (tertiary/aromatic N) is 1. The number of carbonyl (C=O) groups excluding carboxylic acids is 2. The number of para-hydroxylation sites is 1. The molecule has 1 aromatic carbocycles. The summed E-state index contributed by atoms with van der Waals surface area (Å²) in [4.78, 5) is 25.3. The lowest BCUT2D eigenvalue weighted by Crippen LogP contribution is -2.34. The molecule has 0 aliphatic carbocycles. The Kier molecular flexibility index (Phi) is 4.39. The zero-order valence-electron chi connectivity index (χ0n) is 10.3. The molecule has 1 aliphatic rings. The second kappa shape index (κ2) is 6.04. The van der Waals surface area contributed by atoms with Gasteiger partial charge in [-0.05, 0) is 12.1 Å². The molecule has 1 unspecified atom stereocenters. The summed E-state index contributed by atoms with van der Waals surface area (Å²) in [5, 5.41) is 11.7. The van der Waals surface area contributed by atoms with Gasteiger partial charge in [0.25, 0.3) is 0 Å². The molecule has 0 aromatic heterocycles. The molecule has 1 aliphatic heterocycles. The minimum atomic E-state index is -0.393. The third-order valence-electron chi connectivity index (χ3n) is 3.05. The van der Waals surface area contributed by atoms with Gasteiger partial charge in [0.05, 0.1) is 23.2 Å². The van der Waals surface area contributed by atoms with E-state index in [1.54, 1.807) is 24.3 Å². The Balaban J connectivity index is 2.08. The zero-order valence-corrected chi connectivity index (χ0v) is 11.1. The molecule has 102 valence electrons. The number of aliphatic hydroxyl groups is 1. The van der Waals surface area contributed by atoms with Crippen molar-refractivity contribution < 1.29 is 14.7 Å². The molecule has 0 bridgehead atoms. The first-order valence-corrected chi connectivity index (χ1v) is 6.44.